The van der Waals surface area contributed by atoms with Crippen LogP contribution in [0.4, 0.5) is 5.69 Å². The SMILES string of the molecule is Cc1c(C(=O)NCc2cccc(N(C)C)c2)[nH]c2c1C(=O)CCC2. The number of H-pyrrole nitrogens is 1. The lowest BCUT2D eigenvalue weighted by atomic mass is 9.94. The van der Waals surface area contributed by atoms with Crippen molar-refractivity contribution in [3.63, 3.8) is 0 Å². The van der Waals surface area contributed by atoms with E-state index in [2.05, 4.69) is 16.4 Å². The highest BCUT2D eigenvalue weighted by atomic mass is 16.2. The van der Waals surface area contributed by atoms with Crippen LogP contribution in [0, 0.1) is 6.92 Å². The van der Waals surface area contributed by atoms with Gasteiger partial charge in [-0.05, 0) is 43.0 Å². The van der Waals surface area contributed by atoms with Gasteiger partial charge in [0.15, 0.2) is 5.78 Å². The summed E-state index contributed by atoms with van der Waals surface area (Å²) in [6.07, 6.45) is 2.26. The number of benzene rings is 1. The normalized spacial score (nSPS) is 13.5. The van der Waals surface area contributed by atoms with Crippen LogP contribution in [0.15, 0.2) is 24.3 Å². The Morgan fingerprint density at radius 1 is 1.29 bits per heavy atom. The number of aromatic nitrogens is 1. The molecule has 3 rings (SSSR count). The zero-order chi connectivity index (χ0) is 17.3. The summed E-state index contributed by atoms with van der Waals surface area (Å²) in [5, 5.41) is 2.95. The standard InChI is InChI=1S/C19H23N3O2/c1-12-17-15(8-5-9-16(17)23)21-18(12)19(24)20-11-13-6-4-7-14(10-13)22(2)3/h4,6-7,10,21H,5,8-9,11H2,1-3H3,(H,20,24). The quantitative estimate of drug-likeness (QED) is 0.908. The number of aromatic amines is 1. The Hall–Kier alpha value is -2.56. The summed E-state index contributed by atoms with van der Waals surface area (Å²) < 4.78 is 0. The molecule has 1 amide bonds. The average molecular weight is 325 g/mol. The van der Waals surface area contributed by atoms with Crippen LogP contribution < -0.4 is 10.2 Å². The molecular formula is C19H23N3O2. The van der Waals surface area contributed by atoms with Gasteiger partial charge in [-0.3, -0.25) is 9.59 Å². The van der Waals surface area contributed by atoms with Crippen LogP contribution in [0.5, 0.6) is 0 Å². The Morgan fingerprint density at radius 2 is 2.08 bits per heavy atom. The zero-order valence-electron chi connectivity index (χ0n) is 14.4. The molecule has 0 atom stereocenters. The third kappa shape index (κ3) is 3.07. The van der Waals surface area contributed by atoms with Gasteiger partial charge in [-0.1, -0.05) is 12.1 Å². The topological polar surface area (TPSA) is 65.2 Å². The molecule has 1 aromatic carbocycles. The highest BCUT2D eigenvalue weighted by molar-refractivity contribution is 6.04. The maximum Gasteiger partial charge on any atom is 0.268 e. The second-order valence-corrected chi connectivity index (χ2v) is 6.50. The monoisotopic (exact) mass is 325 g/mol. The molecule has 0 spiro atoms. The van der Waals surface area contributed by atoms with E-state index in [1.807, 2.05) is 44.1 Å². The van der Waals surface area contributed by atoms with Crippen molar-refractivity contribution in [3.8, 4) is 0 Å². The molecule has 5 nitrogen and oxygen atoms in total. The van der Waals surface area contributed by atoms with Crippen molar-refractivity contribution in [2.24, 2.45) is 0 Å². The van der Waals surface area contributed by atoms with Crippen LogP contribution in [0.1, 0.15) is 50.5 Å². The fourth-order valence-corrected chi connectivity index (χ4v) is 3.22. The molecule has 24 heavy (non-hydrogen) atoms. The summed E-state index contributed by atoms with van der Waals surface area (Å²) in [6.45, 7) is 2.30. The highest BCUT2D eigenvalue weighted by Crippen LogP contribution is 2.26. The Morgan fingerprint density at radius 3 is 2.79 bits per heavy atom. The lowest BCUT2D eigenvalue weighted by Gasteiger charge is -2.13. The van der Waals surface area contributed by atoms with E-state index in [0.29, 0.717) is 18.7 Å². The molecule has 1 aliphatic carbocycles. The van der Waals surface area contributed by atoms with Gasteiger partial charge in [0.1, 0.15) is 5.69 Å². The predicted octanol–water partition coefficient (Wildman–Crippen LogP) is 2.84. The molecule has 0 saturated carbocycles. The van der Waals surface area contributed by atoms with E-state index < -0.39 is 0 Å². The van der Waals surface area contributed by atoms with Gasteiger partial charge in [-0.2, -0.15) is 0 Å². The molecule has 0 aliphatic heterocycles. The molecule has 2 N–H and O–H groups in total. The molecule has 2 aromatic rings. The van der Waals surface area contributed by atoms with Gasteiger partial charge < -0.3 is 15.2 Å². The van der Waals surface area contributed by atoms with Crippen LogP contribution in [0.3, 0.4) is 0 Å². The number of carbonyl (C=O) groups excluding carboxylic acids is 2. The fraction of sp³-hybridized carbons (Fsp3) is 0.368. The number of carbonyl (C=O) groups is 2. The first-order chi connectivity index (χ1) is 11.5. The summed E-state index contributed by atoms with van der Waals surface area (Å²) >= 11 is 0. The van der Waals surface area contributed by atoms with Gasteiger partial charge in [0.05, 0.1) is 0 Å². The van der Waals surface area contributed by atoms with Gasteiger partial charge >= 0.3 is 0 Å². The van der Waals surface area contributed by atoms with Crippen LogP contribution in [-0.4, -0.2) is 30.8 Å². The summed E-state index contributed by atoms with van der Waals surface area (Å²) in [7, 11) is 3.98. The number of fused-ring (bicyclic) bond motifs is 1. The summed E-state index contributed by atoms with van der Waals surface area (Å²) in [5.74, 6) is -0.0207. The highest BCUT2D eigenvalue weighted by Gasteiger charge is 2.26. The first kappa shape index (κ1) is 16.3. The van der Waals surface area contributed by atoms with Crippen molar-refractivity contribution >= 4 is 17.4 Å². The second-order valence-electron chi connectivity index (χ2n) is 6.50. The Kier molecular flexibility index (Phi) is 4.42. The van der Waals surface area contributed by atoms with Gasteiger partial charge in [-0.25, -0.2) is 0 Å². The third-order valence-electron chi connectivity index (χ3n) is 4.54. The molecule has 0 saturated heterocycles. The minimum atomic E-state index is -0.162. The molecule has 0 radical (unpaired) electrons. The average Bonchev–Trinajstić information content (AvgIpc) is 2.91. The number of anilines is 1. The van der Waals surface area contributed by atoms with E-state index in [1.165, 1.54) is 0 Å². The van der Waals surface area contributed by atoms with Crippen molar-refractivity contribution in [1.29, 1.82) is 0 Å². The molecule has 1 aromatic heterocycles. The van der Waals surface area contributed by atoms with Crippen LogP contribution >= 0.6 is 0 Å². The van der Waals surface area contributed by atoms with Crippen molar-refractivity contribution in [3.05, 3.63) is 52.3 Å². The smallest absolute Gasteiger partial charge is 0.268 e. The Labute approximate surface area is 142 Å². The maximum absolute atomic E-state index is 12.5. The van der Waals surface area contributed by atoms with E-state index in [4.69, 9.17) is 0 Å². The first-order valence-electron chi connectivity index (χ1n) is 8.26. The van der Waals surface area contributed by atoms with E-state index in [0.717, 1.165) is 40.9 Å². The van der Waals surface area contributed by atoms with Crippen molar-refractivity contribution in [1.82, 2.24) is 10.3 Å². The number of Topliss-reactive ketones (excluding diaryl/α,β-unsaturated/α-hetero) is 1. The minimum absolute atomic E-state index is 0.141. The molecule has 126 valence electrons. The Balaban J connectivity index is 1.74. The van der Waals surface area contributed by atoms with Crippen LogP contribution in [0.25, 0.3) is 0 Å². The van der Waals surface area contributed by atoms with Crippen molar-refractivity contribution in [2.45, 2.75) is 32.7 Å². The van der Waals surface area contributed by atoms with E-state index in [-0.39, 0.29) is 11.7 Å². The second kappa shape index (κ2) is 6.51. The molecule has 5 heteroatoms. The maximum atomic E-state index is 12.5. The minimum Gasteiger partial charge on any atom is -0.378 e. The third-order valence-corrected chi connectivity index (χ3v) is 4.54. The van der Waals surface area contributed by atoms with E-state index in [9.17, 15) is 9.59 Å². The predicted molar refractivity (Wildman–Crippen MR) is 94.7 cm³/mol. The molecular weight excluding hydrogens is 302 g/mol. The molecule has 1 heterocycles. The number of nitrogens with zero attached hydrogens (tertiary/aromatic N) is 1. The molecule has 0 unspecified atom stereocenters. The number of rotatable bonds is 4. The van der Waals surface area contributed by atoms with E-state index >= 15 is 0 Å². The number of amides is 1. The van der Waals surface area contributed by atoms with Gasteiger partial charge in [0.2, 0.25) is 0 Å². The van der Waals surface area contributed by atoms with Crippen LogP contribution in [-0.2, 0) is 13.0 Å². The fourth-order valence-electron chi connectivity index (χ4n) is 3.22. The number of nitrogens with one attached hydrogen (secondary N) is 2. The summed E-state index contributed by atoms with van der Waals surface area (Å²) in [4.78, 5) is 29.8. The van der Waals surface area contributed by atoms with Crippen LogP contribution in [0.2, 0.25) is 0 Å². The zero-order valence-corrected chi connectivity index (χ0v) is 14.4. The van der Waals surface area contributed by atoms with Crippen molar-refractivity contribution in [2.75, 3.05) is 19.0 Å². The van der Waals surface area contributed by atoms with Crippen molar-refractivity contribution < 1.29 is 9.59 Å². The molecule has 0 bridgehead atoms. The van der Waals surface area contributed by atoms with Gasteiger partial charge in [0, 0.05) is 44.0 Å². The number of aryl methyl sites for hydroxylation is 1. The molecule has 1 aliphatic rings. The number of hydrogen-bond acceptors (Lipinski definition) is 3. The summed E-state index contributed by atoms with van der Waals surface area (Å²) in [5.41, 5.74) is 5.05. The largest absolute Gasteiger partial charge is 0.378 e. The summed E-state index contributed by atoms with van der Waals surface area (Å²) in [6, 6.07) is 8.05. The van der Waals surface area contributed by atoms with Gasteiger partial charge in [0.25, 0.3) is 5.91 Å². The number of hydrogen-bond donors (Lipinski definition) is 2. The number of ketones is 1. The van der Waals surface area contributed by atoms with Gasteiger partial charge in [-0.15, -0.1) is 0 Å². The van der Waals surface area contributed by atoms with E-state index in [1.54, 1.807) is 0 Å². The Bertz CT molecular complexity index is 790. The lowest BCUT2D eigenvalue weighted by Crippen LogP contribution is -2.24. The first-order valence-corrected chi connectivity index (χ1v) is 8.26. The lowest BCUT2D eigenvalue weighted by molar-refractivity contribution is 0.0945. The molecule has 0 fully saturated rings.